The quantitative estimate of drug-likeness (QED) is 0.133. The molecule has 3 aromatic carbocycles. The summed E-state index contributed by atoms with van der Waals surface area (Å²) in [6, 6.07) is 14.4. The molecule has 1 amide bonds. The number of halogens is 1. The molecule has 1 aromatic heterocycles. The van der Waals surface area contributed by atoms with E-state index in [9.17, 15) is 29.2 Å². The lowest BCUT2D eigenvalue weighted by Crippen LogP contribution is -2.29. The van der Waals surface area contributed by atoms with E-state index in [1.54, 1.807) is 12.1 Å². The number of Topliss-reactive ketones (excluding diaryl/α,β-unsaturated/α-hetero) is 1. The van der Waals surface area contributed by atoms with Crippen molar-refractivity contribution in [2.24, 2.45) is 0 Å². The number of non-ortho nitro benzene ring substituents is 1. The van der Waals surface area contributed by atoms with E-state index in [1.165, 1.54) is 61.7 Å². The largest absolute Gasteiger partial charge is 0.507 e. The summed E-state index contributed by atoms with van der Waals surface area (Å²) >= 11 is 1.01. The summed E-state index contributed by atoms with van der Waals surface area (Å²) in [4.78, 5) is 42.6. The second-order valence-corrected chi connectivity index (χ2v) is 8.86. The Morgan fingerprint density at radius 3 is 2.44 bits per heavy atom. The summed E-state index contributed by atoms with van der Waals surface area (Å²) in [5, 5.41) is 22.4. The highest BCUT2D eigenvalue weighted by atomic mass is 32.1. The molecule has 1 fully saturated rings. The second kappa shape index (κ2) is 8.86. The highest BCUT2D eigenvalue weighted by molar-refractivity contribution is 7.22. The number of nitro benzene ring substituents is 1. The van der Waals surface area contributed by atoms with Gasteiger partial charge in [-0.05, 0) is 60.2 Å². The van der Waals surface area contributed by atoms with Crippen LogP contribution >= 0.6 is 11.3 Å². The summed E-state index contributed by atoms with van der Waals surface area (Å²) in [6.45, 7) is 0. The number of ketones is 1. The van der Waals surface area contributed by atoms with Crippen LogP contribution in [0.2, 0.25) is 0 Å². The number of aliphatic hydroxyl groups is 1. The van der Waals surface area contributed by atoms with Crippen LogP contribution in [0.15, 0.2) is 72.3 Å². The number of aliphatic hydroxyl groups excluding tert-OH is 1. The predicted molar refractivity (Wildman–Crippen MR) is 130 cm³/mol. The minimum atomic E-state index is -1.13. The van der Waals surface area contributed by atoms with Gasteiger partial charge in [-0.2, -0.15) is 0 Å². The molecule has 1 aliphatic rings. The first-order valence-electron chi connectivity index (χ1n) is 10.5. The predicted octanol–water partition coefficient (Wildman–Crippen LogP) is 4.98. The van der Waals surface area contributed by atoms with Crippen molar-refractivity contribution < 1.29 is 28.7 Å². The van der Waals surface area contributed by atoms with E-state index < -0.39 is 34.2 Å². The molecule has 0 radical (unpaired) electrons. The first kappa shape index (κ1) is 23.1. The maximum atomic E-state index is 13.8. The van der Waals surface area contributed by atoms with Gasteiger partial charge in [0.2, 0.25) is 0 Å². The Morgan fingerprint density at radius 1 is 1.11 bits per heavy atom. The fourth-order valence-electron chi connectivity index (χ4n) is 4.02. The van der Waals surface area contributed by atoms with Gasteiger partial charge in [-0.25, -0.2) is 9.37 Å². The van der Waals surface area contributed by atoms with E-state index in [1.807, 2.05) is 0 Å². The molecule has 11 heteroatoms. The zero-order valence-electron chi connectivity index (χ0n) is 18.5. The number of methoxy groups -OCH3 is 1. The van der Waals surface area contributed by atoms with Crippen LogP contribution in [0, 0.1) is 15.9 Å². The first-order chi connectivity index (χ1) is 17.3. The number of anilines is 1. The van der Waals surface area contributed by atoms with Crippen LogP contribution in [0.1, 0.15) is 17.2 Å². The molecule has 0 saturated carbocycles. The van der Waals surface area contributed by atoms with Gasteiger partial charge in [0, 0.05) is 17.7 Å². The molecule has 0 unspecified atom stereocenters. The van der Waals surface area contributed by atoms with Gasteiger partial charge < -0.3 is 9.84 Å². The van der Waals surface area contributed by atoms with E-state index in [0.717, 1.165) is 16.2 Å². The highest BCUT2D eigenvalue weighted by Gasteiger charge is 2.48. The standard InChI is InChI=1S/C25H16FN3O6S/c1-35-17-9-4-14(5-10-17)22(30)20-21(13-2-7-16(8-3-13)29(33)34)28(24(32)23(20)31)25-27-18-11-6-15(26)12-19(18)36-25/h2-12,21,30H,1H3/t21-/m0/s1. The van der Waals surface area contributed by atoms with Crippen LogP contribution in [0.4, 0.5) is 15.2 Å². The molecule has 5 rings (SSSR count). The number of hydrogen-bond donors (Lipinski definition) is 1. The summed E-state index contributed by atoms with van der Waals surface area (Å²) < 4.78 is 19.3. The van der Waals surface area contributed by atoms with Crippen LogP contribution in [0.5, 0.6) is 5.75 Å². The number of fused-ring (bicyclic) bond motifs is 1. The third-order valence-corrected chi connectivity index (χ3v) is 6.79. The molecule has 0 aliphatic carbocycles. The Hall–Kier alpha value is -4.64. The molecule has 4 aromatic rings. The normalized spacial score (nSPS) is 17.1. The van der Waals surface area contributed by atoms with Crippen molar-refractivity contribution in [2.45, 2.75) is 6.04 Å². The molecule has 36 heavy (non-hydrogen) atoms. The number of hydrogen-bond acceptors (Lipinski definition) is 8. The van der Waals surface area contributed by atoms with Gasteiger partial charge in [-0.1, -0.05) is 11.3 Å². The number of ether oxygens (including phenoxy) is 1. The monoisotopic (exact) mass is 505 g/mol. The number of aromatic nitrogens is 1. The lowest BCUT2D eigenvalue weighted by molar-refractivity contribution is -0.384. The molecule has 0 spiro atoms. The molecular formula is C25H16FN3O6S. The molecular weight excluding hydrogens is 489 g/mol. The van der Waals surface area contributed by atoms with Gasteiger partial charge in [0.15, 0.2) is 5.13 Å². The summed E-state index contributed by atoms with van der Waals surface area (Å²) in [5.74, 6) is -2.26. The third-order valence-electron chi connectivity index (χ3n) is 5.77. The summed E-state index contributed by atoms with van der Waals surface area (Å²) in [6.07, 6.45) is 0. The van der Waals surface area contributed by atoms with Crippen molar-refractivity contribution in [3.05, 3.63) is 99.4 Å². The lowest BCUT2D eigenvalue weighted by Gasteiger charge is -2.22. The molecule has 1 aliphatic heterocycles. The Labute approximate surface area is 206 Å². The van der Waals surface area contributed by atoms with Gasteiger partial charge in [-0.15, -0.1) is 0 Å². The number of thiazole rings is 1. The first-order valence-corrected chi connectivity index (χ1v) is 11.4. The lowest BCUT2D eigenvalue weighted by atomic mass is 9.95. The van der Waals surface area contributed by atoms with E-state index in [4.69, 9.17) is 4.74 Å². The minimum absolute atomic E-state index is 0.120. The van der Waals surface area contributed by atoms with E-state index >= 15 is 0 Å². The molecule has 9 nitrogen and oxygen atoms in total. The Morgan fingerprint density at radius 2 is 1.81 bits per heavy atom. The Kier molecular flexibility index (Phi) is 5.69. The third kappa shape index (κ3) is 3.85. The second-order valence-electron chi connectivity index (χ2n) is 7.85. The fraction of sp³-hybridized carbons (Fsp3) is 0.0800. The van der Waals surface area contributed by atoms with Gasteiger partial charge in [0.25, 0.3) is 11.5 Å². The zero-order valence-corrected chi connectivity index (χ0v) is 19.4. The Bertz CT molecular complexity index is 1560. The highest BCUT2D eigenvalue weighted by Crippen LogP contribution is 2.44. The average molecular weight is 505 g/mol. The summed E-state index contributed by atoms with van der Waals surface area (Å²) in [5.41, 5.74) is 0.661. The van der Waals surface area contributed by atoms with Crippen LogP contribution in [0.3, 0.4) is 0 Å². The van der Waals surface area contributed by atoms with Crippen LogP contribution in [0.25, 0.3) is 16.0 Å². The minimum Gasteiger partial charge on any atom is -0.507 e. The van der Waals surface area contributed by atoms with Crippen molar-refractivity contribution in [3.8, 4) is 5.75 Å². The number of nitro groups is 1. The van der Waals surface area contributed by atoms with Crippen molar-refractivity contribution in [2.75, 3.05) is 12.0 Å². The number of amides is 1. The molecule has 180 valence electrons. The van der Waals surface area contributed by atoms with Gasteiger partial charge in [-0.3, -0.25) is 24.6 Å². The number of rotatable bonds is 5. The fourth-order valence-corrected chi connectivity index (χ4v) is 5.03. The van der Waals surface area contributed by atoms with Crippen LogP contribution in [-0.4, -0.2) is 33.8 Å². The number of benzene rings is 3. The van der Waals surface area contributed by atoms with E-state index in [0.29, 0.717) is 21.5 Å². The average Bonchev–Trinajstić information content (AvgIpc) is 3.41. The smallest absolute Gasteiger partial charge is 0.301 e. The van der Waals surface area contributed by atoms with Crippen molar-refractivity contribution >= 4 is 49.8 Å². The topological polar surface area (TPSA) is 123 Å². The number of nitrogens with zero attached hydrogens (tertiary/aromatic N) is 3. The Balaban J connectivity index is 1.70. The van der Waals surface area contributed by atoms with Crippen molar-refractivity contribution in [3.63, 3.8) is 0 Å². The van der Waals surface area contributed by atoms with Crippen LogP contribution in [-0.2, 0) is 9.59 Å². The van der Waals surface area contributed by atoms with Crippen molar-refractivity contribution in [1.82, 2.24) is 4.98 Å². The maximum Gasteiger partial charge on any atom is 0.301 e. The molecule has 1 saturated heterocycles. The van der Waals surface area contributed by atoms with E-state index in [-0.39, 0.29) is 22.0 Å². The van der Waals surface area contributed by atoms with Gasteiger partial charge >= 0.3 is 5.91 Å². The molecule has 2 heterocycles. The van der Waals surface area contributed by atoms with Crippen molar-refractivity contribution in [1.29, 1.82) is 0 Å². The molecule has 1 N–H and O–H groups in total. The molecule has 0 bridgehead atoms. The van der Waals surface area contributed by atoms with Gasteiger partial charge in [0.1, 0.15) is 17.3 Å². The molecule has 1 atom stereocenters. The van der Waals surface area contributed by atoms with Crippen LogP contribution < -0.4 is 9.64 Å². The SMILES string of the molecule is COc1ccc(C(O)=C2C(=O)C(=O)N(c3nc4ccc(F)cc4s3)[C@H]2c2ccc([N+](=O)[O-])cc2)cc1. The summed E-state index contributed by atoms with van der Waals surface area (Å²) in [7, 11) is 1.48. The number of carbonyl (C=O) groups excluding carboxylic acids is 2. The van der Waals surface area contributed by atoms with E-state index in [2.05, 4.69) is 4.98 Å². The maximum absolute atomic E-state index is 13.8. The zero-order chi connectivity index (χ0) is 25.6. The number of carbonyl (C=O) groups is 2. The van der Waals surface area contributed by atoms with Gasteiger partial charge in [0.05, 0.1) is 33.9 Å².